The van der Waals surface area contributed by atoms with Crippen molar-refractivity contribution in [3.05, 3.63) is 34.6 Å². The van der Waals surface area contributed by atoms with Crippen LogP contribution in [0.4, 0.5) is 0 Å². The van der Waals surface area contributed by atoms with Gasteiger partial charge in [-0.25, -0.2) is 0 Å². The van der Waals surface area contributed by atoms with Crippen LogP contribution in [0, 0.1) is 5.92 Å². The van der Waals surface area contributed by atoms with Crippen LogP contribution in [-0.4, -0.2) is 33.3 Å². The second kappa shape index (κ2) is 5.16. The van der Waals surface area contributed by atoms with E-state index in [1.54, 1.807) is 4.80 Å². The molecule has 1 atom stereocenters. The second-order valence-corrected chi connectivity index (χ2v) is 5.36. The Morgan fingerprint density at radius 1 is 1.39 bits per heavy atom. The zero-order valence-corrected chi connectivity index (χ0v) is 11.5. The molecular formula is C12H14BrN5. The van der Waals surface area contributed by atoms with Crippen molar-refractivity contribution in [2.24, 2.45) is 5.92 Å². The number of tetrazole rings is 1. The SMILES string of the molecule is Brc1ccccc1-n1nnc(CC2CCNC2)n1. The van der Waals surface area contributed by atoms with E-state index in [1.165, 1.54) is 6.42 Å². The Morgan fingerprint density at radius 3 is 3.06 bits per heavy atom. The third-order valence-electron chi connectivity index (χ3n) is 3.16. The summed E-state index contributed by atoms with van der Waals surface area (Å²) in [5.74, 6) is 1.46. The van der Waals surface area contributed by atoms with E-state index < -0.39 is 0 Å². The molecule has 0 radical (unpaired) electrons. The number of hydrogen-bond donors (Lipinski definition) is 1. The molecule has 1 N–H and O–H groups in total. The van der Waals surface area contributed by atoms with Gasteiger partial charge >= 0.3 is 0 Å². The lowest BCUT2D eigenvalue weighted by Crippen LogP contribution is -2.11. The van der Waals surface area contributed by atoms with E-state index in [2.05, 4.69) is 36.7 Å². The Hall–Kier alpha value is -1.27. The number of halogens is 1. The fraction of sp³-hybridized carbons (Fsp3) is 0.417. The zero-order chi connectivity index (χ0) is 12.4. The van der Waals surface area contributed by atoms with Crippen molar-refractivity contribution in [2.75, 3.05) is 13.1 Å². The van der Waals surface area contributed by atoms with E-state index in [1.807, 2.05) is 24.3 Å². The second-order valence-electron chi connectivity index (χ2n) is 4.51. The molecule has 1 aromatic heterocycles. The summed E-state index contributed by atoms with van der Waals surface area (Å²) in [6, 6.07) is 7.87. The molecule has 6 heteroatoms. The summed E-state index contributed by atoms with van der Waals surface area (Å²) in [5, 5.41) is 16.0. The van der Waals surface area contributed by atoms with E-state index in [9.17, 15) is 0 Å². The fourth-order valence-electron chi connectivity index (χ4n) is 2.19. The molecule has 94 valence electrons. The Bertz CT molecular complexity index is 533. The largest absolute Gasteiger partial charge is 0.316 e. The van der Waals surface area contributed by atoms with Gasteiger partial charge in [0.25, 0.3) is 0 Å². The van der Waals surface area contributed by atoms with Crippen molar-refractivity contribution >= 4 is 15.9 Å². The van der Waals surface area contributed by atoms with Gasteiger partial charge in [0.1, 0.15) is 5.69 Å². The number of nitrogens with zero attached hydrogens (tertiary/aromatic N) is 4. The summed E-state index contributed by atoms with van der Waals surface area (Å²) in [6.07, 6.45) is 2.10. The highest BCUT2D eigenvalue weighted by Gasteiger charge is 2.17. The average molecular weight is 308 g/mol. The summed E-state index contributed by atoms with van der Waals surface area (Å²) < 4.78 is 0.969. The quantitative estimate of drug-likeness (QED) is 0.935. The van der Waals surface area contributed by atoms with E-state index in [4.69, 9.17) is 0 Å². The Kier molecular flexibility index (Phi) is 3.38. The van der Waals surface area contributed by atoms with Crippen molar-refractivity contribution in [1.29, 1.82) is 0 Å². The molecule has 0 spiro atoms. The molecule has 1 aliphatic heterocycles. The van der Waals surface area contributed by atoms with Crippen LogP contribution in [0.15, 0.2) is 28.7 Å². The monoisotopic (exact) mass is 307 g/mol. The van der Waals surface area contributed by atoms with Crippen LogP contribution in [0.25, 0.3) is 5.69 Å². The molecule has 1 fully saturated rings. The van der Waals surface area contributed by atoms with Crippen LogP contribution in [-0.2, 0) is 6.42 Å². The van der Waals surface area contributed by atoms with Gasteiger partial charge in [0, 0.05) is 10.9 Å². The predicted molar refractivity (Wildman–Crippen MR) is 71.5 cm³/mol. The Balaban J connectivity index is 1.79. The number of benzene rings is 1. The molecule has 1 saturated heterocycles. The molecular weight excluding hydrogens is 294 g/mol. The lowest BCUT2D eigenvalue weighted by atomic mass is 10.1. The molecule has 1 aliphatic rings. The van der Waals surface area contributed by atoms with Crippen LogP contribution in [0.1, 0.15) is 12.2 Å². The summed E-state index contributed by atoms with van der Waals surface area (Å²) in [6.45, 7) is 2.16. The van der Waals surface area contributed by atoms with E-state index in [0.29, 0.717) is 5.92 Å². The smallest absolute Gasteiger partial charge is 0.175 e. The highest BCUT2D eigenvalue weighted by atomic mass is 79.9. The van der Waals surface area contributed by atoms with Crippen molar-refractivity contribution in [3.8, 4) is 5.69 Å². The van der Waals surface area contributed by atoms with Gasteiger partial charge in [-0.05, 0) is 58.7 Å². The van der Waals surface area contributed by atoms with Gasteiger partial charge in [0.15, 0.2) is 5.82 Å². The summed E-state index contributed by atoms with van der Waals surface area (Å²) >= 11 is 3.49. The maximum absolute atomic E-state index is 4.44. The lowest BCUT2D eigenvalue weighted by Gasteiger charge is -2.03. The summed E-state index contributed by atoms with van der Waals surface area (Å²) in [7, 11) is 0. The van der Waals surface area contributed by atoms with Gasteiger partial charge in [-0.2, -0.15) is 0 Å². The van der Waals surface area contributed by atoms with Crippen molar-refractivity contribution in [3.63, 3.8) is 0 Å². The summed E-state index contributed by atoms with van der Waals surface area (Å²) in [5.41, 5.74) is 0.917. The molecule has 1 aromatic carbocycles. The molecule has 0 amide bonds. The summed E-state index contributed by atoms with van der Waals surface area (Å²) in [4.78, 5) is 1.59. The molecule has 3 rings (SSSR count). The molecule has 0 bridgehead atoms. The predicted octanol–water partition coefficient (Wildman–Crippen LogP) is 1.58. The minimum atomic E-state index is 0.641. The first-order chi connectivity index (χ1) is 8.83. The van der Waals surface area contributed by atoms with Crippen LogP contribution in [0.3, 0.4) is 0 Å². The minimum absolute atomic E-state index is 0.641. The molecule has 0 saturated carbocycles. The number of hydrogen-bond acceptors (Lipinski definition) is 4. The third kappa shape index (κ3) is 2.44. The molecule has 1 unspecified atom stereocenters. The van der Waals surface area contributed by atoms with Gasteiger partial charge in [0.2, 0.25) is 0 Å². The standard InChI is InChI=1S/C12H14BrN5/c13-10-3-1-2-4-11(10)18-16-12(15-17-18)7-9-5-6-14-8-9/h1-4,9,14H,5-8H2. The highest BCUT2D eigenvalue weighted by Crippen LogP contribution is 2.19. The topological polar surface area (TPSA) is 55.6 Å². The van der Waals surface area contributed by atoms with Gasteiger partial charge in [-0.3, -0.25) is 0 Å². The highest BCUT2D eigenvalue weighted by molar-refractivity contribution is 9.10. The zero-order valence-electron chi connectivity index (χ0n) is 9.88. The number of nitrogens with one attached hydrogen (secondary N) is 1. The van der Waals surface area contributed by atoms with Gasteiger partial charge in [-0.1, -0.05) is 12.1 Å². The van der Waals surface area contributed by atoms with Gasteiger partial charge in [-0.15, -0.1) is 15.0 Å². The van der Waals surface area contributed by atoms with E-state index in [-0.39, 0.29) is 0 Å². The third-order valence-corrected chi connectivity index (χ3v) is 3.83. The molecule has 2 aromatic rings. The Labute approximate surface area is 114 Å². The first-order valence-electron chi connectivity index (χ1n) is 6.07. The normalized spacial score (nSPS) is 19.3. The van der Waals surface area contributed by atoms with Crippen molar-refractivity contribution in [2.45, 2.75) is 12.8 Å². The molecule has 18 heavy (non-hydrogen) atoms. The first kappa shape index (κ1) is 11.8. The van der Waals surface area contributed by atoms with Crippen LogP contribution >= 0.6 is 15.9 Å². The number of para-hydroxylation sites is 1. The first-order valence-corrected chi connectivity index (χ1v) is 6.87. The number of aromatic nitrogens is 4. The maximum Gasteiger partial charge on any atom is 0.175 e. The molecule has 0 aliphatic carbocycles. The Morgan fingerprint density at radius 2 is 2.28 bits per heavy atom. The van der Waals surface area contributed by atoms with Gasteiger partial charge in [0.05, 0.1) is 0 Å². The lowest BCUT2D eigenvalue weighted by molar-refractivity contribution is 0.560. The average Bonchev–Trinajstić information content (AvgIpc) is 3.02. The minimum Gasteiger partial charge on any atom is -0.316 e. The maximum atomic E-state index is 4.44. The molecule has 2 heterocycles. The van der Waals surface area contributed by atoms with Crippen LogP contribution in [0.5, 0.6) is 0 Å². The number of rotatable bonds is 3. The fourth-order valence-corrected chi connectivity index (χ4v) is 2.63. The van der Waals surface area contributed by atoms with Crippen molar-refractivity contribution < 1.29 is 0 Å². The van der Waals surface area contributed by atoms with E-state index >= 15 is 0 Å². The van der Waals surface area contributed by atoms with Crippen LogP contribution in [0.2, 0.25) is 0 Å². The van der Waals surface area contributed by atoms with Crippen molar-refractivity contribution in [1.82, 2.24) is 25.5 Å². The van der Waals surface area contributed by atoms with Crippen LogP contribution < -0.4 is 5.32 Å². The van der Waals surface area contributed by atoms with E-state index in [0.717, 1.165) is 35.5 Å². The van der Waals surface area contributed by atoms with Gasteiger partial charge < -0.3 is 5.32 Å². The molecule has 5 nitrogen and oxygen atoms in total.